The average Bonchev–Trinajstić information content (AvgIpc) is 3.26. The van der Waals surface area contributed by atoms with Crippen LogP contribution in [0.4, 0.5) is 0 Å². The number of nitrogens with zero attached hydrogens (tertiary/aromatic N) is 4. The van der Waals surface area contributed by atoms with Crippen LogP contribution in [0.15, 0.2) is 121 Å². The quantitative estimate of drug-likeness (QED) is 0.178. The van der Waals surface area contributed by atoms with Crippen molar-refractivity contribution < 1.29 is 9.53 Å². The van der Waals surface area contributed by atoms with E-state index in [0.717, 1.165) is 23.8 Å². The van der Waals surface area contributed by atoms with Crippen LogP contribution in [0.2, 0.25) is 0 Å². The Labute approximate surface area is 409 Å². The molecule has 0 aliphatic rings. The lowest BCUT2D eigenvalue weighted by Gasteiger charge is -2.19. The van der Waals surface area contributed by atoms with E-state index in [2.05, 4.69) is 155 Å². The number of carbonyl (C=O) groups excluding carboxylic acids is 1. The van der Waals surface area contributed by atoms with Crippen molar-refractivity contribution >= 4 is 5.97 Å². The molecule has 6 heteroatoms. The van der Waals surface area contributed by atoms with Crippen LogP contribution in [0.25, 0.3) is 0 Å². The van der Waals surface area contributed by atoms with Crippen molar-refractivity contribution in [2.75, 3.05) is 6.61 Å². The van der Waals surface area contributed by atoms with Gasteiger partial charge in [-0.25, -0.2) is 0 Å². The van der Waals surface area contributed by atoms with Gasteiger partial charge in [0.25, 0.3) is 0 Å². The number of rotatable bonds is 6. The van der Waals surface area contributed by atoms with E-state index >= 15 is 0 Å². The van der Waals surface area contributed by atoms with Gasteiger partial charge in [-0.05, 0) is 80.4 Å². The van der Waals surface area contributed by atoms with Crippen molar-refractivity contribution in [2.45, 2.75) is 171 Å². The maximum atomic E-state index is 10.5. The number of carbonyl (C=O) groups is 1. The third-order valence-corrected chi connectivity index (χ3v) is 6.98. The first kappa shape index (κ1) is 74.6. The number of aryl methyl sites for hydroxylation is 2. The second-order valence-corrected chi connectivity index (χ2v) is 17.7. The molecule has 0 radical (unpaired) electrons. The van der Waals surface area contributed by atoms with Gasteiger partial charge in [0.05, 0.1) is 43.2 Å². The summed E-state index contributed by atoms with van der Waals surface area (Å²) >= 11 is 0. The maximum Gasteiger partial charge on any atom is 0.308 e. The molecule has 0 heterocycles. The van der Waals surface area contributed by atoms with E-state index in [0.29, 0.717) is 30.8 Å². The van der Waals surface area contributed by atoms with Gasteiger partial charge in [-0.2, -0.15) is 21.0 Å². The van der Waals surface area contributed by atoms with E-state index in [1.807, 2.05) is 107 Å². The Kier molecular flexibility index (Phi) is 62.7. The van der Waals surface area contributed by atoms with Gasteiger partial charge in [-0.1, -0.05) is 231 Å². The van der Waals surface area contributed by atoms with E-state index in [1.54, 1.807) is 13.0 Å². The minimum atomic E-state index is -0.118. The van der Waals surface area contributed by atoms with Gasteiger partial charge in [0.15, 0.2) is 0 Å². The SMILES string of the molecule is C.CC#N.CC(C)C.CC(C)C#N.CC(C)CC(C)(C)C.CC(C)c1ccccc1.CCC#N.CCOC(=O)C(C)C.CCc1ccccc1.Cc1ccccc1.N#CCc1ccccc1. The Hall–Kier alpha value is -5.69. The van der Waals surface area contributed by atoms with Gasteiger partial charge in [0.1, 0.15) is 0 Å². The zero-order valence-electron chi connectivity index (χ0n) is 44.6. The molecule has 4 aromatic rings. The van der Waals surface area contributed by atoms with Gasteiger partial charge in [0, 0.05) is 19.3 Å². The minimum absolute atomic E-state index is 0. The molecule has 0 aliphatic carbocycles. The van der Waals surface area contributed by atoms with Crippen molar-refractivity contribution in [3.8, 4) is 24.3 Å². The first-order chi connectivity index (χ1) is 30.5. The molecule has 0 atom stereocenters. The second-order valence-electron chi connectivity index (χ2n) is 17.7. The lowest BCUT2D eigenvalue weighted by Crippen LogP contribution is -2.10. The third kappa shape index (κ3) is 75.7. The molecule has 0 spiro atoms. The highest BCUT2D eigenvalue weighted by molar-refractivity contribution is 5.71. The summed E-state index contributed by atoms with van der Waals surface area (Å²) in [5.41, 5.74) is 5.75. The molecular weight excluding hydrogens is 809 g/mol. The Morgan fingerprint density at radius 2 is 0.939 bits per heavy atom. The lowest BCUT2D eigenvalue weighted by atomic mass is 9.86. The van der Waals surface area contributed by atoms with Gasteiger partial charge < -0.3 is 4.74 Å². The summed E-state index contributed by atoms with van der Waals surface area (Å²) in [6.07, 6.45) is 3.61. The average molecular weight is 905 g/mol. The molecule has 0 saturated carbocycles. The molecule has 4 rings (SSSR count). The lowest BCUT2D eigenvalue weighted by molar-refractivity contribution is -0.146. The molecule has 0 fully saturated rings. The standard InChI is InChI=1S/C9H12.C8H7N.C8H10.C8H18.C7H8.C6H12O2.C4H7N.C4H10.C3H5N.C2H3N.CH4/c1-8(2)9-6-4-3-5-7-9;9-7-6-8-4-2-1-3-5-8;1-2-8-6-4-3-5-7-8;1-7(2)6-8(3,4)5;1-7-5-3-2-4-6-7;1-4-8-6(7)5(2)3;1-4(2)3-5;1-4(2)3;1-2-3-4;1-2-3;/h3-8H,1-2H3;1-5H,6H2;3-7H,2H2,1H3;7H,6H2,1-5H3;2-6H,1H3;5H,4H2,1-3H3;4H,1-2H3;4H,1-3H3;2H2,1H3;1H3;1H4. The first-order valence-corrected chi connectivity index (χ1v) is 23.2. The smallest absolute Gasteiger partial charge is 0.308 e. The summed E-state index contributed by atoms with van der Waals surface area (Å²) in [6, 6.07) is 48.7. The zero-order valence-corrected chi connectivity index (χ0v) is 44.6. The number of esters is 1. The summed E-state index contributed by atoms with van der Waals surface area (Å²) in [5, 5.41) is 31.1. The maximum absolute atomic E-state index is 10.5. The van der Waals surface area contributed by atoms with Crippen LogP contribution < -0.4 is 0 Å². The van der Waals surface area contributed by atoms with Crippen LogP contribution in [0.3, 0.4) is 0 Å². The molecule has 4 aromatic carbocycles. The minimum Gasteiger partial charge on any atom is -0.466 e. The Bertz CT molecular complexity index is 1720. The van der Waals surface area contributed by atoms with Crippen molar-refractivity contribution in [3.63, 3.8) is 0 Å². The summed E-state index contributed by atoms with van der Waals surface area (Å²) in [5.74, 6) is 2.42. The van der Waals surface area contributed by atoms with Crippen LogP contribution in [0.1, 0.15) is 173 Å². The predicted octanol–water partition coefficient (Wildman–Crippen LogP) is 18.0. The molecule has 0 saturated heterocycles. The highest BCUT2D eigenvalue weighted by Gasteiger charge is 2.11. The van der Waals surface area contributed by atoms with E-state index < -0.39 is 0 Å². The van der Waals surface area contributed by atoms with Crippen molar-refractivity contribution in [1.82, 2.24) is 0 Å². The normalized spacial score (nSPS) is 8.79. The van der Waals surface area contributed by atoms with E-state index in [1.165, 1.54) is 30.0 Å². The molecule has 0 aliphatic heterocycles. The number of nitriles is 4. The molecular formula is C60H96N4O2. The van der Waals surface area contributed by atoms with Crippen molar-refractivity contribution in [1.29, 1.82) is 21.0 Å². The highest BCUT2D eigenvalue weighted by Crippen LogP contribution is 2.23. The fourth-order valence-corrected chi connectivity index (χ4v) is 4.31. The van der Waals surface area contributed by atoms with Crippen LogP contribution >= 0.6 is 0 Å². The summed E-state index contributed by atoms with van der Waals surface area (Å²) < 4.78 is 4.66. The van der Waals surface area contributed by atoms with Gasteiger partial charge >= 0.3 is 5.97 Å². The Morgan fingerprint density at radius 3 is 1.09 bits per heavy atom. The largest absolute Gasteiger partial charge is 0.466 e. The van der Waals surface area contributed by atoms with Crippen molar-refractivity contribution in [2.24, 2.45) is 29.1 Å². The van der Waals surface area contributed by atoms with E-state index in [9.17, 15) is 4.79 Å². The van der Waals surface area contributed by atoms with Crippen molar-refractivity contribution in [3.05, 3.63) is 144 Å². The van der Waals surface area contributed by atoms with E-state index in [-0.39, 0.29) is 25.2 Å². The number of hydrogen-bond donors (Lipinski definition) is 0. The Balaban J connectivity index is -0.000000119. The van der Waals surface area contributed by atoms with Crippen LogP contribution in [-0.2, 0) is 22.4 Å². The molecule has 0 bridgehead atoms. The van der Waals surface area contributed by atoms with Gasteiger partial charge in [0.2, 0.25) is 0 Å². The zero-order chi connectivity index (χ0) is 51.5. The second kappa shape index (κ2) is 55.4. The van der Waals surface area contributed by atoms with Gasteiger partial charge in [-0.3, -0.25) is 4.79 Å². The third-order valence-electron chi connectivity index (χ3n) is 6.98. The van der Waals surface area contributed by atoms with Crippen LogP contribution in [-0.4, -0.2) is 12.6 Å². The molecule has 66 heavy (non-hydrogen) atoms. The fraction of sp³-hybridized carbons (Fsp3) is 0.517. The molecule has 6 nitrogen and oxygen atoms in total. The molecule has 0 unspecified atom stereocenters. The number of ether oxygens (including phenoxy) is 1. The summed E-state index contributed by atoms with van der Waals surface area (Å²) in [4.78, 5) is 10.5. The predicted molar refractivity (Wildman–Crippen MR) is 289 cm³/mol. The topological polar surface area (TPSA) is 121 Å². The fourth-order valence-electron chi connectivity index (χ4n) is 4.31. The monoisotopic (exact) mass is 905 g/mol. The van der Waals surface area contributed by atoms with Crippen LogP contribution in [0, 0.1) is 81.3 Å². The van der Waals surface area contributed by atoms with Crippen LogP contribution in [0.5, 0.6) is 0 Å². The molecule has 0 aromatic heterocycles. The summed E-state index contributed by atoms with van der Waals surface area (Å²) in [7, 11) is 0. The molecule has 0 N–H and O–H groups in total. The van der Waals surface area contributed by atoms with E-state index in [4.69, 9.17) is 21.0 Å². The highest BCUT2D eigenvalue weighted by atomic mass is 16.5. The molecule has 368 valence electrons. The molecule has 0 amide bonds. The van der Waals surface area contributed by atoms with Gasteiger partial charge in [-0.15, -0.1) is 0 Å². The first-order valence-electron chi connectivity index (χ1n) is 23.2. The number of hydrogen-bond acceptors (Lipinski definition) is 6. The number of benzene rings is 4. The Morgan fingerprint density at radius 1 is 0.606 bits per heavy atom. The summed E-state index contributed by atoms with van der Waals surface area (Å²) in [6.45, 7) is 39.4.